The standard InChI is InChI=1S/C14H15NO2/c1-14(2,3)17-13(16)12-6-4-5-10-9-15-8-7-11(10)12/h4-9H,1-3H3. The van der Waals surface area contributed by atoms with E-state index in [1.165, 1.54) is 0 Å². The predicted molar refractivity (Wildman–Crippen MR) is 66.9 cm³/mol. The molecule has 0 aliphatic rings. The van der Waals surface area contributed by atoms with Crippen LogP contribution in [0.5, 0.6) is 0 Å². The molecule has 0 aliphatic heterocycles. The summed E-state index contributed by atoms with van der Waals surface area (Å²) in [4.78, 5) is 16.1. The second-order valence-electron chi connectivity index (χ2n) is 4.90. The maximum atomic E-state index is 12.0. The molecule has 0 aliphatic carbocycles. The number of carbonyl (C=O) groups excluding carboxylic acids is 1. The minimum Gasteiger partial charge on any atom is -0.456 e. The fourth-order valence-corrected chi connectivity index (χ4v) is 1.63. The lowest BCUT2D eigenvalue weighted by Gasteiger charge is -2.20. The minimum atomic E-state index is -0.480. The number of hydrogen-bond acceptors (Lipinski definition) is 3. The molecule has 0 unspecified atom stereocenters. The first kappa shape index (κ1) is 11.6. The van der Waals surface area contributed by atoms with Crippen molar-refractivity contribution in [2.75, 3.05) is 0 Å². The number of esters is 1. The Balaban J connectivity index is 2.45. The van der Waals surface area contributed by atoms with Gasteiger partial charge >= 0.3 is 5.97 Å². The molecule has 1 heterocycles. The average Bonchev–Trinajstić information content (AvgIpc) is 2.26. The Morgan fingerprint density at radius 3 is 2.71 bits per heavy atom. The molecule has 0 spiro atoms. The Bertz CT molecular complexity index is 550. The van der Waals surface area contributed by atoms with Crippen molar-refractivity contribution in [3.05, 3.63) is 42.2 Å². The smallest absolute Gasteiger partial charge is 0.339 e. The third-order valence-electron chi connectivity index (χ3n) is 2.30. The van der Waals surface area contributed by atoms with Gasteiger partial charge in [-0.3, -0.25) is 4.98 Å². The summed E-state index contributed by atoms with van der Waals surface area (Å²) in [7, 11) is 0. The van der Waals surface area contributed by atoms with Crippen LogP contribution in [0.2, 0.25) is 0 Å². The van der Waals surface area contributed by atoms with Crippen LogP contribution in [0.4, 0.5) is 0 Å². The molecule has 1 aromatic carbocycles. The van der Waals surface area contributed by atoms with Gasteiger partial charge in [0.2, 0.25) is 0 Å². The molecule has 2 rings (SSSR count). The maximum absolute atomic E-state index is 12.0. The Labute approximate surface area is 100 Å². The molecule has 2 aromatic rings. The molecular formula is C14H15NO2. The lowest BCUT2D eigenvalue weighted by atomic mass is 10.1. The van der Waals surface area contributed by atoms with Gasteiger partial charge in [0.15, 0.2) is 0 Å². The van der Waals surface area contributed by atoms with E-state index in [2.05, 4.69) is 4.98 Å². The van der Waals surface area contributed by atoms with Gasteiger partial charge in [0, 0.05) is 17.8 Å². The molecule has 0 saturated heterocycles. The molecule has 3 heteroatoms. The van der Waals surface area contributed by atoms with Gasteiger partial charge in [-0.15, -0.1) is 0 Å². The predicted octanol–water partition coefficient (Wildman–Crippen LogP) is 3.19. The van der Waals surface area contributed by atoms with Crippen molar-refractivity contribution in [3.8, 4) is 0 Å². The lowest BCUT2D eigenvalue weighted by molar-refractivity contribution is 0.00719. The lowest BCUT2D eigenvalue weighted by Crippen LogP contribution is -2.24. The van der Waals surface area contributed by atoms with Crippen LogP contribution in [0.1, 0.15) is 31.1 Å². The van der Waals surface area contributed by atoms with Crippen molar-refractivity contribution in [2.45, 2.75) is 26.4 Å². The van der Waals surface area contributed by atoms with Crippen LogP contribution in [0.15, 0.2) is 36.7 Å². The van der Waals surface area contributed by atoms with Crippen molar-refractivity contribution >= 4 is 16.7 Å². The normalized spacial score (nSPS) is 11.5. The summed E-state index contributed by atoms with van der Waals surface area (Å²) in [5.74, 6) is -0.297. The molecule has 0 bridgehead atoms. The molecular weight excluding hydrogens is 214 g/mol. The zero-order valence-electron chi connectivity index (χ0n) is 10.2. The van der Waals surface area contributed by atoms with E-state index >= 15 is 0 Å². The van der Waals surface area contributed by atoms with E-state index < -0.39 is 5.60 Å². The van der Waals surface area contributed by atoms with E-state index in [9.17, 15) is 4.79 Å². The van der Waals surface area contributed by atoms with Gasteiger partial charge < -0.3 is 4.74 Å². The molecule has 0 radical (unpaired) electrons. The fraction of sp³-hybridized carbons (Fsp3) is 0.286. The van der Waals surface area contributed by atoms with Crippen LogP contribution in [-0.4, -0.2) is 16.6 Å². The Kier molecular flexibility index (Phi) is 2.84. The molecule has 1 aromatic heterocycles. The van der Waals surface area contributed by atoms with Gasteiger partial charge in [-0.2, -0.15) is 0 Å². The first-order valence-electron chi connectivity index (χ1n) is 5.53. The monoisotopic (exact) mass is 229 g/mol. The number of rotatable bonds is 1. The van der Waals surface area contributed by atoms with Crippen LogP contribution >= 0.6 is 0 Å². The summed E-state index contributed by atoms with van der Waals surface area (Å²) in [6.45, 7) is 5.58. The summed E-state index contributed by atoms with van der Waals surface area (Å²) in [5.41, 5.74) is 0.103. The number of aromatic nitrogens is 1. The van der Waals surface area contributed by atoms with Crippen molar-refractivity contribution < 1.29 is 9.53 Å². The highest BCUT2D eigenvalue weighted by atomic mass is 16.6. The van der Waals surface area contributed by atoms with E-state index in [4.69, 9.17) is 4.74 Å². The minimum absolute atomic E-state index is 0.297. The highest BCUT2D eigenvalue weighted by molar-refractivity contribution is 6.04. The topological polar surface area (TPSA) is 39.2 Å². The van der Waals surface area contributed by atoms with Crippen molar-refractivity contribution in [2.24, 2.45) is 0 Å². The number of nitrogens with zero attached hydrogens (tertiary/aromatic N) is 1. The molecule has 0 fully saturated rings. The van der Waals surface area contributed by atoms with Gasteiger partial charge in [0.25, 0.3) is 0 Å². The SMILES string of the molecule is CC(C)(C)OC(=O)c1cccc2cnccc12. The molecule has 17 heavy (non-hydrogen) atoms. The zero-order chi connectivity index (χ0) is 12.5. The Morgan fingerprint density at radius 2 is 2.00 bits per heavy atom. The summed E-state index contributed by atoms with van der Waals surface area (Å²) in [5, 5.41) is 1.81. The number of pyridine rings is 1. The summed E-state index contributed by atoms with van der Waals surface area (Å²) >= 11 is 0. The van der Waals surface area contributed by atoms with Crippen LogP contribution in [0.3, 0.4) is 0 Å². The van der Waals surface area contributed by atoms with Gasteiger partial charge in [-0.05, 0) is 38.3 Å². The zero-order valence-corrected chi connectivity index (χ0v) is 10.2. The van der Waals surface area contributed by atoms with Crippen molar-refractivity contribution in [1.82, 2.24) is 4.98 Å². The van der Waals surface area contributed by atoms with Gasteiger partial charge in [0.1, 0.15) is 5.60 Å². The molecule has 3 nitrogen and oxygen atoms in total. The van der Waals surface area contributed by atoms with Crippen molar-refractivity contribution in [1.29, 1.82) is 0 Å². The molecule has 0 atom stereocenters. The molecule has 0 amide bonds. The summed E-state index contributed by atoms with van der Waals surface area (Å²) in [6.07, 6.45) is 3.42. The van der Waals surface area contributed by atoms with E-state index in [1.54, 1.807) is 18.5 Å². The third kappa shape index (κ3) is 2.61. The average molecular weight is 229 g/mol. The number of benzene rings is 1. The highest BCUT2D eigenvalue weighted by Crippen LogP contribution is 2.20. The maximum Gasteiger partial charge on any atom is 0.339 e. The highest BCUT2D eigenvalue weighted by Gasteiger charge is 2.19. The molecule has 88 valence electrons. The quantitative estimate of drug-likeness (QED) is 0.705. The fourth-order valence-electron chi connectivity index (χ4n) is 1.63. The third-order valence-corrected chi connectivity index (χ3v) is 2.30. The van der Waals surface area contributed by atoms with Crippen molar-refractivity contribution in [3.63, 3.8) is 0 Å². The number of ether oxygens (including phenoxy) is 1. The largest absolute Gasteiger partial charge is 0.456 e. The number of hydrogen-bond donors (Lipinski definition) is 0. The number of fused-ring (bicyclic) bond motifs is 1. The number of carbonyl (C=O) groups is 1. The molecule has 0 N–H and O–H groups in total. The summed E-state index contributed by atoms with van der Waals surface area (Å²) < 4.78 is 5.37. The van der Waals surface area contributed by atoms with E-state index in [1.807, 2.05) is 39.0 Å². The van der Waals surface area contributed by atoms with E-state index in [0.717, 1.165) is 10.8 Å². The van der Waals surface area contributed by atoms with Crippen LogP contribution in [-0.2, 0) is 4.74 Å². The van der Waals surface area contributed by atoms with Gasteiger partial charge in [-0.25, -0.2) is 4.79 Å². The van der Waals surface area contributed by atoms with Crippen LogP contribution in [0, 0.1) is 0 Å². The summed E-state index contributed by atoms with van der Waals surface area (Å²) in [6, 6.07) is 7.37. The second kappa shape index (κ2) is 4.17. The van der Waals surface area contributed by atoms with Gasteiger partial charge in [0.05, 0.1) is 5.56 Å². The first-order chi connectivity index (χ1) is 7.97. The van der Waals surface area contributed by atoms with E-state index in [0.29, 0.717) is 5.56 Å². The Morgan fingerprint density at radius 1 is 1.24 bits per heavy atom. The van der Waals surface area contributed by atoms with Gasteiger partial charge in [-0.1, -0.05) is 12.1 Å². The molecule has 0 saturated carbocycles. The Hall–Kier alpha value is -1.90. The second-order valence-corrected chi connectivity index (χ2v) is 4.90. The van der Waals surface area contributed by atoms with Crippen LogP contribution in [0.25, 0.3) is 10.8 Å². The van der Waals surface area contributed by atoms with Crippen LogP contribution < -0.4 is 0 Å². The first-order valence-corrected chi connectivity index (χ1v) is 5.53. The van der Waals surface area contributed by atoms with E-state index in [-0.39, 0.29) is 5.97 Å².